The molecule has 6 heteroatoms. The maximum atomic E-state index is 12.3. The van der Waals surface area contributed by atoms with Crippen molar-refractivity contribution in [1.29, 1.82) is 0 Å². The Morgan fingerprint density at radius 1 is 1.29 bits per heavy atom. The fourth-order valence-corrected chi connectivity index (χ4v) is 3.46. The van der Waals surface area contributed by atoms with Crippen LogP contribution in [0, 0.1) is 5.92 Å². The molecule has 1 rings (SSSR count). The minimum atomic E-state index is -3.56. The maximum Gasteiger partial charge on any atom is 0.242 e. The van der Waals surface area contributed by atoms with Gasteiger partial charge in [-0.1, -0.05) is 44.9 Å². The van der Waals surface area contributed by atoms with Crippen molar-refractivity contribution in [2.45, 2.75) is 45.1 Å². The van der Waals surface area contributed by atoms with Gasteiger partial charge in [0.25, 0.3) is 0 Å². The first kappa shape index (κ1) is 18.4. The topological polar surface area (TPSA) is 58.2 Å². The summed E-state index contributed by atoms with van der Waals surface area (Å²) in [7, 11) is -3.56. The first-order chi connectivity index (χ1) is 9.90. The summed E-state index contributed by atoms with van der Waals surface area (Å²) in [6.07, 6.45) is 1.96. The lowest BCUT2D eigenvalue weighted by Crippen LogP contribution is -2.28. The molecular weight excluding hydrogens is 308 g/mol. The molecule has 1 aromatic rings. The predicted octanol–water partition coefficient (Wildman–Crippen LogP) is 3.16. The van der Waals surface area contributed by atoms with Crippen LogP contribution in [0.2, 0.25) is 5.02 Å². The summed E-state index contributed by atoms with van der Waals surface area (Å²) in [5, 5.41) is 3.51. The van der Waals surface area contributed by atoms with E-state index in [0.717, 1.165) is 24.9 Å². The van der Waals surface area contributed by atoms with Crippen molar-refractivity contribution in [1.82, 2.24) is 10.0 Å². The number of benzene rings is 1. The van der Waals surface area contributed by atoms with E-state index in [9.17, 15) is 8.42 Å². The Kier molecular flexibility index (Phi) is 7.66. The second-order valence-corrected chi connectivity index (χ2v) is 7.45. The molecule has 0 amide bonds. The lowest BCUT2D eigenvalue weighted by molar-refractivity contribution is 0.528. The van der Waals surface area contributed by atoms with Crippen LogP contribution in [0.3, 0.4) is 0 Å². The summed E-state index contributed by atoms with van der Waals surface area (Å²) in [5.74, 6) is 0.299. The Balaban J connectivity index is 2.86. The average Bonchev–Trinajstić information content (AvgIpc) is 2.46. The summed E-state index contributed by atoms with van der Waals surface area (Å²) in [5.41, 5.74) is 0.914. The first-order valence-electron chi connectivity index (χ1n) is 7.39. The Hall–Kier alpha value is -0.620. The number of halogens is 1. The zero-order valence-corrected chi connectivity index (χ0v) is 14.5. The van der Waals surface area contributed by atoms with E-state index >= 15 is 0 Å². The van der Waals surface area contributed by atoms with E-state index in [2.05, 4.69) is 17.0 Å². The number of rotatable bonds is 9. The van der Waals surface area contributed by atoms with E-state index in [4.69, 9.17) is 11.6 Å². The second-order valence-electron chi connectivity index (χ2n) is 5.31. The van der Waals surface area contributed by atoms with Crippen molar-refractivity contribution in [2.75, 3.05) is 13.1 Å². The molecule has 1 atom stereocenters. The SMILES string of the molecule is CCCNCc1ccc(Cl)c(S(=O)(=O)NCC(C)CC)c1. The van der Waals surface area contributed by atoms with Crippen LogP contribution in [0.1, 0.15) is 39.2 Å². The third-order valence-corrected chi connectivity index (χ3v) is 5.26. The first-order valence-corrected chi connectivity index (χ1v) is 9.25. The molecule has 0 aliphatic rings. The highest BCUT2D eigenvalue weighted by Gasteiger charge is 2.18. The van der Waals surface area contributed by atoms with Gasteiger partial charge in [-0.05, 0) is 36.6 Å². The van der Waals surface area contributed by atoms with Gasteiger partial charge >= 0.3 is 0 Å². The van der Waals surface area contributed by atoms with E-state index < -0.39 is 10.0 Å². The molecule has 21 heavy (non-hydrogen) atoms. The predicted molar refractivity (Wildman–Crippen MR) is 88.1 cm³/mol. The Morgan fingerprint density at radius 3 is 2.62 bits per heavy atom. The normalized spacial score (nSPS) is 13.3. The molecule has 0 aliphatic heterocycles. The van der Waals surface area contributed by atoms with Crippen molar-refractivity contribution >= 4 is 21.6 Å². The van der Waals surface area contributed by atoms with Crippen LogP contribution in [0.5, 0.6) is 0 Å². The molecule has 0 aromatic heterocycles. The van der Waals surface area contributed by atoms with Crippen LogP contribution in [0.15, 0.2) is 23.1 Å². The highest BCUT2D eigenvalue weighted by molar-refractivity contribution is 7.89. The lowest BCUT2D eigenvalue weighted by Gasteiger charge is -2.13. The molecule has 0 aliphatic carbocycles. The van der Waals surface area contributed by atoms with Gasteiger partial charge in [0.2, 0.25) is 10.0 Å². The van der Waals surface area contributed by atoms with Gasteiger partial charge in [0.05, 0.1) is 5.02 Å². The van der Waals surface area contributed by atoms with Crippen LogP contribution in [-0.4, -0.2) is 21.5 Å². The second kappa shape index (κ2) is 8.73. The summed E-state index contributed by atoms with van der Waals surface area (Å²) >= 11 is 6.05. The van der Waals surface area contributed by atoms with Gasteiger partial charge in [-0.2, -0.15) is 0 Å². The summed E-state index contributed by atoms with van der Waals surface area (Å²) in [6.45, 7) is 8.09. The van der Waals surface area contributed by atoms with Crippen LogP contribution in [0.25, 0.3) is 0 Å². The molecule has 1 unspecified atom stereocenters. The molecule has 2 N–H and O–H groups in total. The summed E-state index contributed by atoms with van der Waals surface area (Å²) < 4.78 is 27.3. The van der Waals surface area contributed by atoms with Crippen LogP contribution < -0.4 is 10.0 Å². The Labute approximate surface area is 133 Å². The monoisotopic (exact) mass is 332 g/mol. The van der Waals surface area contributed by atoms with E-state index in [0.29, 0.717) is 19.0 Å². The van der Waals surface area contributed by atoms with E-state index in [1.54, 1.807) is 12.1 Å². The van der Waals surface area contributed by atoms with Gasteiger partial charge < -0.3 is 5.32 Å². The summed E-state index contributed by atoms with van der Waals surface area (Å²) in [4.78, 5) is 0.156. The standard InChI is InChI=1S/C15H25ClN2O2S/c1-4-8-17-11-13-6-7-14(16)15(9-13)21(19,20)18-10-12(3)5-2/h6-7,9,12,17-18H,4-5,8,10-11H2,1-3H3. The van der Waals surface area contributed by atoms with Gasteiger partial charge in [-0.25, -0.2) is 13.1 Å². The molecule has 0 saturated heterocycles. The van der Waals surface area contributed by atoms with Gasteiger partial charge in [-0.3, -0.25) is 0 Å². The van der Waals surface area contributed by atoms with Gasteiger partial charge in [-0.15, -0.1) is 0 Å². The molecule has 0 bridgehead atoms. The number of hydrogen-bond donors (Lipinski definition) is 2. The van der Waals surface area contributed by atoms with Crippen molar-refractivity contribution < 1.29 is 8.42 Å². The zero-order valence-electron chi connectivity index (χ0n) is 12.9. The smallest absolute Gasteiger partial charge is 0.242 e. The average molecular weight is 333 g/mol. The van der Waals surface area contributed by atoms with Crippen molar-refractivity contribution in [2.24, 2.45) is 5.92 Å². The molecule has 0 radical (unpaired) electrons. The Morgan fingerprint density at radius 2 is 2.00 bits per heavy atom. The fourth-order valence-electron chi connectivity index (χ4n) is 1.75. The molecular formula is C15H25ClN2O2S. The molecule has 1 aromatic carbocycles. The minimum absolute atomic E-state index is 0.156. The quantitative estimate of drug-likeness (QED) is 0.683. The third kappa shape index (κ3) is 5.94. The number of hydrogen-bond acceptors (Lipinski definition) is 3. The van der Waals surface area contributed by atoms with E-state index in [1.165, 1.54) is 0 Å². The van der Waals surface area contributed by atoms with Crippen molar-refractivity contribution in [3.8, 4) is 0 Å². The molecule has 0 saturated carbocycles. The molecule has 0 heterocycles. The maximum absolute atomic E-state index is 12.3. The molecule has 0 spiro atoms. The highest BCUT2D eigenvalue weighted by Crippen LogP contribution is 2.22. The molecule has 0 fully saturated rings. The van der Waals surface area contributed by atoms with Crippen molar-refractivity contribution in [3.05, 3.63) is 28.8 Å². The van der Waals surface area contributed by atoms with Crippen LogP contribution in [0.4, 0.5) is 0 Å². The zero-order chi connectivity index (χ0) is 15.9. The van der Waals surface area contributed by atoms with Gasteiger partial charge in [0.1, 0.15) is 4.90 Å². The van der Waals surface area contributed by atoms with Crippen LogP contribution in [-0.2, 0) is 16.6 Å². The number of nitrogens with one attached hydrogen (secondary N) is 2. The van der Waals surface area contributed by atoms with E-state index in [1.807, 2.05) is 19.9 Å². The van der Waals surface area contributed by atoms with Crippen LogP contribution >= 0.6 is 11.6 Å². The molecule has 120 valence electrons. The number of sulfonamides is 1. The molecule has 4 nitrogen and oxygen atoms in total. The summed E-state index contributed by atoms with van der Waals surface area (Å²) in [6, 6.07) is 5.13. The Bertz CT molecular complexity index is 547. The van der Waals surface area contributed by atoms with Gasteiger partial charge in [0.15, 0.2) is 0 Å². The largest absolute Gasteiger partial charge is 0.313 e. The fraction of sp³-hybridized carbons (Fsp3) is 0.600. The van der Waals surface area contributed by atoms with E-state index in [-0.39, 0.29) is 9.92 Å². The van der Waals surface area contributed by atoms with Gasteiger partial charge in [0, 0.05) is 13.1 Å². The van der Waals surface area contributed by atoms with Crippen molar-refractivity contribution in [3.63, 3.8) is 0 Å². The third-order valence-electron chi connectivity index (χ3n) is 3.36. The minimum Gasteiger partial charge on any atom is -0.313 e. The highest BCUT2D eigenvalue weighted by atomic mass is 35.5. The lowest BCUT2D eigenvalue weighted by atomic mass is 10.1.